The Morgan fingerprint density at radius 3 is 2.19 bits per heavy atom. The van der Waals surface area contributed by atoms with Crippen LogP contribution in [0.25, 0.3) is 0 Å². The lowest BCUT2D eigenvalue weighted by Gasteiger charge is -2.31. The number of nitrogens with one attached hydrogen (secondary N) is 3. The molecule has 0 aliphatic carbocycles. The number of nitrogens with zero attached hydrogens (tertiary/aromatic N) is 1. The molecule has 1 heterocycles. The third-order valence-corrected chi connectivity index (χ3v) is 10.1. The summed E-state index contributed by atoms with van der Waals surface area (Å²) < 4.78 is 16.6. The van der Waals surface area contributed by atoms with Gasteiger partial charge in [-0.3, -0.25) is 19.8 Å². The Morgan fingerprint density at radius 2 is 1.61 bits per heavy atom. The van der Waals surface area contributed by atoms with Crippen molar-refractivity contribution in [2.75, 3.05) is 32.8 Å². The summed E-state index contributed by atoms with van der Waals surface area (Å²) in [7, 11) is 3.14. The lowest BCUT2D eigenvalue weighted by molar-refractivity contribution is -0.126. The molecule has 13 heteroatoms. The molecule has 1 aliphatic heterocycles. The summed E-state index contributed by atoms with van der Waals surface area (Å²) in [4.78, 5) is 53.7. The van der Waals surface area contributed by atoms with Crippen LogP contribution < -0.4 is 20.7 Å². The highest BCUT2D eigenvalue weighted by molar-refractivity contribution is 5.96. The Kier molecular flexibility index (Phi) is 16.8. The zero-order valence-electron chi connectivity index (χ0n) is 33.4. The van der Waals surface area contributed by atoms with Crippen molar-refractivity contribution in [3.05, 3.63) is 59.7 Å². The number of imide groups is 1. The summed E-state index contributed by atoms with van der Waals surface area (Å²) in [6.45, 7) is 14.7. The molecular weight excluding hydrogens is 692 g/mol. The number of ether oxygens (including phenoxy) is 3. The van der Waals surface area contributed by atoms with Crippen LogP contribution in [-0.2, 0) is 30.9 Å². The topological polar surface area (TPSA) is 176 Å². The molecule has 3 rings (SSSR count). The first kappa shape index (κ1) is 44.2. The van der Waals surface area contributed by atoms with Crippen LogP contribution in [0, 0.1) is 23.7 Å². The summed E-state index contributed by atoms with van der Waals surface area (Å²) >= 11 is 0. The molecule has 0 saturated carbocycles. The largest absolute Gasteiger partial charge is 0.491 e. The van der Waals surface area contributed by atoms with Crippen LogP contribution in [0.4, 0.5) is 15.3 Å². The van der Waals surface area contributed by atoms with Gasteiger partial charge in [0.1, 0.15) is 5.75 Å². The van der Waals surface area contributed by atoms with E-state index in [2.05, 4.69) is 36.7 Å². The summed E-state index contributed by atoms with van der Waals surface area (Å²) in [5, 5.41) is 29.2. The molecule has 0 radical (unpaired) electrons. The molecule has 5 N–H and O–H groups in total. The number of hydrogen-bond donors (Lipinski definition) is 5. The maximum Gasteiger partial charge on any atom is 0.404 e. The summed E-state index contributed by atoms with van der Waals surface area (Å²) in [5.41, 5.74) is 2.41. The van der Waals surface area contributed by atoms with Gasteiger partial charge in [0.25, 0.3) is 0 Å². The van der Waals surface area contributed by atoms with Gasteiger partial charge in [-0.2, -0.15) is 0 Å². The second-order valence-corrected chi connectivity index (χ2v) is 15.9. The van der Waals surface area contributed by atoms with Gasteiger partial charge in [0.05, 0.1) is 30.5 Å². The standard InChI is InChI=1S/C41H62N4O9/c1-25(2)28(22-36(47)42-32-23-29(41(5,6)7)16-17-35(32)54-19-13-18-52-8)21-31(43-40(50)51)34(46)24-30(26(3)4)37(48)44-39(49)45-33(38(45)53-9)20-27-14-11-10-12-15-27/h10-12,14-17,23,25-26,28,30-31,33-34,38,43,46H,13,18-22,24H2,1-9H3,(H,42,47)(H,50,51)(H,44,48,49)/t28?,30?,31?,33-,34?,38-,45?/m0/s1. The summed E-state index contributed by atoms with van der Waals surface area (Å²) in [6.07, 6.45) is -1.77. The first-order chi connectivity index (χ1) is 25.5. The SMILES string of the molecule is COCCCOc1ccc(C(C)(C)C)cc1NC(=O)CC(CC(NC(=O)O)C(O)CC(C(=O)NC(=O)N1[C@@H](Cc2ccccc2)[C@@H]1OC)C(C)C)C(C)C. The molecular formula is C41H62N4O9. The normalized spacial score (nSPS) is 17.7. The molecule has 300 valence electrons. The number of urea groups is 1. The van der Waals surface area contributed by atoms with Crippen molar-refractivity contribution in [1.29, 1.82) is 0 Å². The fourth-order valence-electron chi connectivity index (χ4n) is 6.65. The van der Waals surface area contributed by atoms with Gasteiger partial charge in [-0.05, 0) is 65.7 Å². The number of rotatable bonds is 20. The minimum Gasteiger partial charge on any atom is -0.491 e. The highest BCUT2D eigenvalue weighted by Gasteiger charge is 2.52. The smallest absolute Gasteiger partial charge is 0.404 e. The predicted molar refractivity (Wildman–Crippen MR) is 207 cm³/mol. The number of carboxylic acid groups (broad SMARTS) is 1. The maximum absolute atomic E-state index is 13.6. The van der Waals surface area contributed by atoms with Crippen molar-refractivity contribution in [3.63, 3.8) is 0 Å². The van der Waals surface area contributed by atoms with Crippen LogP contribution in [0.1, 0.15) is 85.3 Å². The third kappa shape index (κ3) is 13.3. The zero-order valence-corrected chi connectivity index (χ0v) is 33.4. The quantitative estimate of drug-likeness (QED) is 0.0781. The summed E-state index contributed by atoms with van der Waals surface area (Å²) in [6, 6.07) is 13.6. The van der Waals surface area contributed by atoms with Gasteiger partial charge in [-0.1, -0.05) is 84.9 Å². The minimum absolute atomic E-state index is 0.0499. The Balaban J connectivity index is 1.70. The molecule has 0 aromatic heterocycles. The molecule has 0 spiro atoms. The number of aliphatic hydroxyl groups is 1. The highest BCUT2D eigenvalue weighted by Crippen LogP contribution is 2.34. The van der Waals surface area contributed by atoms with E-state index in [1.807, 2.05) is 62.4 Å². The maximum atomic E-state index is 13.6. The first-order valence-corrected chi connectivity index (χ1v) is 18.9. The van der Waals surface area contributed by atoms with E-state index < -0.39 is 42.3 Å². The highest BCUT2D eigenvalue weighted by atomic mass is 16.5. The van der Waals surface area contributed by atoms with Gasteiger partial charge in [0.15, 0.2) is 6.23 Å². The van der Waals surface area contributed by atoms with Crippen molar-refractivity contribution in [2.24, 2.45) is 23.7 Å². The van der Waals surface area contributed by atoms with E-state index in [1.165, 1.54) is 12.0 Å². The van der Waals surface area contributed by atoms with E-state index in [0.717, 1.165) is 11.1 Å². The number of carbonyl (C=O) groups is 4. The number of carbonyl (C=O) groups excluding carboxylic acids is 3. The number of amides is 5. The van der Waals surface area contributed by atoms with Gasteiger partial charge >= 0.3 is 12.1 Å². The molecule has 54 heavy (non-hydrogen) atoms. The van der Waals surface area contributed by atoms with Crippen molar-refractivity contribution in [3.8, 4) is 5.75 Å². The molecule has 1 saturated heterocycles. The average Bonchev–Trinajstić information content (AvgIpc) is 3.80. The van der Waals surface area contributed by atoms with Gasteiger partial charge in [-0.15, -0.1) is 0 Å². The number of aliphatic hydroxyl groups excluding tert-OH is 1. The van der Waals surface area contributed by atoms with Gasteiger partial charge in [0, 0.05) is 39.6 Å². The lowest BCUT2D eigenvalue weighted by atomic mass is 9.81. The van der Waals surface area contributed by atoms with Crippen LogP contribution in [-0.4, -0.2) is 90.9 Å². The second kappa shape index (κ2) is 20.5. The Labute approximate surface area is 320 Å². The Bertz CT molecular complexity index is 1530. The van der Waals surface area contributed by atoms with Crippen LogP contribution in [0.2, 0.25) is 0 Å². The van der Waals surface area contributed by atoms with Crippen molar-refractivity contribution in [2.45, 2.75) is 110 Å². The van der Waals surface area contributed by atoms with Crippen LogP contribution in [0.5, 0.6) is 5.75 Å². The van der Waals surface area contributed by atoms with Crippen LogP contribution in [0.3, 0.4) is 0 Å². The molecule has 1 aliphatic rings. The van der Waals surface area contributed by atoms with E-state index in [-0.39, 0.29) is 54.4 Å². The molecule has 1 fully saturated rings. The van der Waals surface area contributed by atoms with Crippen LogP contribution in [0.15, 0.2) is 48.5 Å². The number of benzene rings is 2. The zero-order chi connectivity index (χ0) is 40.2. The van der Waals surface area contributed by atoms with Crippen molar-refractivity contribution < 1.29 is 43.6 Å². The fraction of sp³-hybridized carbons (Fsp3) is 0.610. The van der Waals surface area contributed by atoms with E-state index in [9.17, 15) is 29.4 Å². The van der Waals surface area contributed by atoms with Crippen molar-refractivity contribution in [1.82, 2.24) is 15.5 Å². The number of anilines is 1. The number of hydrogen-bond acceptors (Lipinski definition) is 8. The number of methoxy groups -OCH3 is 2. The molecule has 5 amide bonds. The minimum atomic E-state index is -1.34. The van der Waals surface area contributed by atoms with Crippen LogP contribution >= 0.6 is 0 Å². The molecule has 6 atom stereocenters. The molecule has 2 aromatic carbocycles. The molecule has 13 nitrogen and oxygen atoms in total. The van der Waals surface area contributed by atoms with E-state index >= 15 is 0 Å². The monoisotopic (exact) mass is 754 g/mol. The Morgan fingerprint density at radius 1 is 0.926 bits per heavy atom. The predicted octanol–water partition coefficient (Wildman–Crippen LogP) is 6.19. The van der Waals surface area contributed by atoms with E-state index in [0.29, 0.717) is 37.5 Å². The fourth-order valence-corrected chi connectivity index (χ4v) is 6.65. The van der Waals surface area contributed by atoms with Crippen molar-refractivity contribution >= 4 is 29.6 Å². The van der Waals surface area contributed by atoms with E-state index in [4.69, 9.17) is 14.2 Å². The molecule has 2 aromatic rings. The summed E-state index contributed by atoms with van der Waals surface area (Å²) in [5.74, 6) is -1.80. The Hall–Kier alpha value is -4.20. The van der Waals surface area contributed by atoms with E-state index in [1.54, 1.807) is 21.0 Å². The second-order valence-electron chi connectivity index (χ2n) is 15.9. The molecule has 0 bridgehead atoms. The average molecular weight is 755 g/mol. The van der Waals surface area contributed by atoms with Gasteiger partial charge < -0.3 is 35.1 Å². The van der Waals surface area contributed by atoms with Gasteiger partial charge in [0.2, 0.25) is 11.8 Å². The molecule has 4 unspecified atom stereocenters. The third-order valence-electron chi connectivity index (χ3n) is 10.1. The lowest BCUT2D eigenvalue weighted by Crippen LogP contribution is -2.48. The first-order valence-electron chi connectivity index (χ1n) is 18.9. The van der Waals surface area contributed by atoms with Gasteiger partial charge in [-0.25, -0.2) is 9.59 Å².